The van der Waals surface area contributed by atoms with Gasteiger partial charge in [-0.2, -0.15) is 4.31 Å². The van der Waals surface area contributed by atoms with Crippen LogP contribution in [0.3, 0.4) is 0 Å². The van der Waals surface area contributed by atoms with Gasteiger partial charge in [-0.25, -0.2) is 12.8 Å². The molecule has 0 radical (unpaired) electrons. The highest BCUT2D eigenvalue weighted by Gasteiger charge is 2.40. The molecule has 1 atom stereocenters. The van der Waals surface area contributed by atoms with E-state index in [1.807, 2.05) is 16.7 Å². The first-order valence-corrected chi connectivity index (χ1v) is 12.3. The van der Waals surface area contributed by atoms with Crippen LogP contribution in [0.2, 0.25) is 0 Å². The van der Waals surface area contributed by atoms with Crippen molar-refractivity contribution in [2.75, 3.05) is 36.0 Å². The number of carbonyl (C=O) groups is 1. The number of para-hydroxylation sites is 1. The van der Waals surface area contributed by atoms with Crippen LogP contribution in [0.5, 0.6) is 0 Å². The number of hydrogen-bond donors (Lipinski definition) is 0. The van der Waals surface area contributed by atoms with Gasteiger partial charge in [0.25, 0.3) is 0 Å². The summed E-state index contributed by atoms with van der Waals surface area (Å²) >= 11 is 0. The molecule has 0 spiro atoms. The average Bonchev–Trinajstić information content (AvgIpc) is 3.56. The summed E-state index contributed by atoms with van der Waals surface area (Å²) in [6, 6.07) is 11.7. The molecule has 1 saturated heterocycles. The van der Waals surface area contributed by atoms with Gasteiger partial charge in [0.15, 0.2) is 0 Å². The van der Waals surface area contributed by atoms with Gasteiger partial charge in [-0.3, -0.25) is 4.79 Å². The first-order valence-electron chi connectivity index (χ1n) is 10.8. The lowest BCUT2D eigenvalue weighted by Crippen LogP contribution is -2.48. The number of piperazine rings is 1. The number of sulfonamides is 1. The molecule has 5 rings (SSSR count). The molecule has 0 unspecified atom stereocenters. The Bertz CT molecular complexity index is 1120. The molecular formula is C23H26FN3O3S. The van der Waals surface area contributed by atoms with E-state index in [1.165, 1.54) is 10.4 Å². The van der Waals surface area contributed by atoms with Gasteiger partial charge < -0.3 is 9.80 Å². The largest absolute Gasteiger partial charge is 0.367 e. The van der Waals surface area contributed by atoms with Gasteiger partial charge >= 0.3 is 0 Å². The fourth-order valence-electron chi connectivity index (χ4n) is 4.66. The van der Waals surface area contributed by atoms with E-state index in [-0.39, 0.29) is 28.6 Å². The Morgan fingerprint density at radius 3 is 2.39 bits per heavy atom. The van der Waals surface area contributed by atoms with Crippen LogP contribution in [-0.4, -0.2) is 50.9 Å². The van der Waals surface area contributed by atoms with E-state index >= 15 is 0 Å². The number of hydrogen-bond acceptors (Lipinski definition) is 4. The number of nitrogens with zero attached hydrogens (tertiary/aromatic N) is 3. The molecule has 2 aromatic carbocycles. The predicted molar refractivity (Wildman–Crippen MR) is 117 cm³/mol. The third-order valence-corrected chi connectivity index (χ3v) is 8.39. The van der Waals surface area contributed by atoms with E-state index in [0.29, 0.717) is 38.3 Å². The zero-order valence-electron chi connectivity index (χ0n) is 17.5. The number of rotatable bonds is 4. The topological polar surface area (TPSA) is 60.9 Å². The van der Waals surface area contributed by atoms with Crippen molar-refractivity contribution in [3.8, 4) is 0 Å². The van der Waals surface area contributed by atoms with E-state index in [9.17, 15) is 17.6 Å². The van der Waals surface area contributed by atoms with Crippen molar-refractivity contribution >= 4 is 27.3 Å². The molecule has 2 aromatic rings. The van der Waals surface area contributed by atoms with E-state index in [4.69, 9.17) is 0 Å². The molecule has 2 fully saturated rings. The van der Waals surface area contributed by atoms with Gasteiger partial charge in [-0.1, -0.05) is 12.1 Å². The zero-order valence-corrected chi connectivity index (χ0v) is 18.3. The molecular weight excluding hydrogens is 417 g/mol. The van der Waals surface area contributed by atoms with Gasteiger partial charge in [0.1, 0.15) is 5.82 Å². The Kier molecular flexibility index (Phi) is 5.01. The Labute approximate surface area is 182 Å². The van der Waals surface area contributed by atoms with Crippen LogP contribution >= 0.6 is 0 Å². The summed E-state index contributed by atoms with van der Waals surface area (Å²) in [4.78, 5) is 16.6. The Balaban J connectivity index is 1.33. The lowest BCUT2D eigenvalue weighted by molar-refractivity contribution is -0.120. The van der Waals surface area contributed by atoms with Crippen molar-refractivity contribution in [1.82, 2.24) is 4.31 Å². The normalized spacial score (nSPS) is 21.9. The molecule has 1 amide bonds. The molecule has 2 aliphatic heterocycles. The molecule has 1 saturated carbocycles. The second-order valence-corrected chi connectivity index (χ2v) is 10.6. The highest BCUT2D eigenvalue weighted by atomic mass is 32.2. The molecule has 2 heterocycles. The van der Waals surface area contributed by atoms with Crippen LogP contribution in [0, 0.1) is 11.7 Å². The minimum Gasteiger partial charge on any atom is -0.367 e. The highest BCUT2D eigenvalue weighted by Crippen LogP contribution is 2.40. The third-order valence-electron chi connectivity index (χ3n) is 6.50. The van der Waals surface area contributed by atoms with Crippen molar-refractivity contribution in [3.05, 3.63) is 53.8 Å². The second kappa shape index (κ2) is 7.60. The van der Waals surface area contributed by atoms with Crippen molar-refractivity contribution in [2.24, 2.45) is 5.92 Å². The fraction of sp³-hybridized carbons (Fsp3) is 0.435. The van der Waals surface area contributed by atoms with Gasteiger partial charge in [-0.15, -0.1) is 0 Å². The van der Waals surface area contributed by atoms with Gasteiger partial charge in [0.05, 0.1) is 10.6 Å². The maximum Gasteiger partial charge on any atom is 0.243 e. The third kappa shape index (κ3) is 3.61. The van der Waals surface area contributed by atoms with E-state index in [2.05, 4.69) is 0 Å². The molecule has 1 aliphatic carbocycles. The van der Waals surface area contributed by atoms with E-state index < -0.39 is 10.0 Å². The average molecular weight is 444 g/mol. The lowest BCUT2D eigenvalue weighted by atomic mass is 10.1. The number of benzene rings is 2. The standard InChI is InChI=1S/C23H26FN3O3S/c1-16-14-18-15-19(8-9-21(18)27(16)23(28)17-6-7-17)31(29,30)26-12-10-25(11-13-26)22-5-3-2-4-20(22)24/h2-5,8-9,15-17H,6-7,10-14H2,1H3/t16-/m0/s1. The minimum absolute atomic E-state index is 0.0466. The number of amides is 1. The molecule has 0 aromatic heterocycles. The smallest absolute Gasteiger partial charge is 0.243 e. The maximum absolute atomic E-state index is 14.1. The molecule has 0 N–H and O–H groups in total. The quantitative estimate of drug-likeness (QED) is 0.729. The van der Waals surface area contributed by atoms with Crippen molar-refractivity contribution in [2.45, 2.75) is 37.1 Å². The molecule has 31 heavy (non-hydrogen) atoms. The van der Waals surface area contributed by atoms with E-state index in [0.717, 1.165) is 24.1 Å². The van der Waals surface area contributed by atoms with Crippen LogP contribution < -0.4 is 9.80 Å². The Morgan fingerprint density at radius 1 is 1.00 bits per heavy atom. The van der Waals surface area contributed by atoms with Crippen LogP contribution in [-0.2, 0) is 21.2 Å². The summed E-state index contributed by atoms with van der Waals surface area (Å²) in [5, 5.41) is 0. The van der Waals surface area contributed by atoms with Crippen LogP contribution in [0.4, 0.5) is 15.8 Å². The van der Waals surface area contributed by atoms with Crippen molar-refractivity contribution in [1.29, 1.82) is 0 Å². The number of halogens is 1. The molecule has 6 nitrogen and oxygen atoms in total. The predicted octanol–water partition coefficient (Wildman–Crippen LogP) is 3.02. The first-order chi connectivity index (χ1) is 14.9. The summed E-state index contributed by atoms with van der Waals surface area (Å²) in [5.74, 6) is -0.00877. The summed E-state index contributed by atoms with van der Waals surface area (Å²) < 4.78 is 42.1. The van der Waals surface area contributed by atoms with Crippen molar-refractivity contribution in [3.63, 3.8) is 0 Å². The zero-order chi connectivity index (χ0) is 21.8. The molecule has 3 aliphatic rings. The first kappa shape index (κ1) is 20.5. The van der Waals surface area contributed by atoms with Gasteiger partial charge in [0, 0.05) is 43.8 Å². The minimum atomic E-state index is -3.65. The van der Waals surface area contributed by atoms with Crippen LogP contribution in [0.1, 0.15) is 25.3 Å². The van der Waals surface area contributed by atoms with Crippen LogP contribution in [0.15, 0.2) is 47.4 Å². The van der Waals surface area contributed by atoms with E-state index in [1.54, 1.807) is 36.4 Å². The summed E-state index contributed by atoms with van der Waals surface area (Å²) in [6.45, 7) is 3.49. The van der Waals surface area contributed by atoms with Crippen LogP contribution in [0.25, 0.3) is 0 Å². The molecule has 0 bridgehead atoms. The SMILES string of the molecule is C[C@H]1Cc2cc(S(=O)(=O)N3CCN(c4ccccc4F)CC3)ccc2N1C(=O)C1CC1. The number of fused-ring (bicyclic) bond motifs is 1. The number of anilines is 2. The number of carbonyl (C=O) groups excluding carboxylic acids is 1. The summed E-state index contributed by atoms with van der Waals surface area (Å²) in [7, 11) is -3.65. The van der Waals surface area contributed by atoms with Gasteiger partial charge in [0.2, 0.25) is 15.9 Å². The Morgan fingerprint density at radius 2 is 1.71 bits per heavy atom. The highest BCUT2D eigenvalue weighted by molar-refractivity contribution is 7.89. The summed E-state index contributed by atoms with van der Waals surface area (Å²) in [5.41, 5.74) is 2.26. The summed E-state index contributed by atoms with van der Waals surface area (Å²) in [6.07, 6.45) is 2.56. The monoisotopic (exact) mass is 443 g/mol. The maximum atomic E-state index is 14.1. The fourth-order valence-corrected chi connectivity index (χ4v) is 6.13. The Hall–Kier alpha value is -2.45. The van der Waals surface area contributed by atoms with Gasteiger partial charge in [-0.05, 0) is 62.1 Å². The molecule has 8 heteroatoms. The lowest BCUT2D eigenvalue weighted by Gasteiger charge is -2.35. The second-order valence-electron chi connectivity index (χ2n) is 8.67. The molecule has 164 valence electrons. The van der Waals surface area contributed by atoms with Crippen molar-refractivity contribution < 1.29 is 17.6 Å².